The zero-order chi connectivity index (χ0) is 17.6. The molecule has 5 nitrogen and oxygen atoms in total. The highest BCUT2D eigenvalue weighted by Crippen LogP contribution is 2.21. The number of nitrogens with zero attached hydrogens (tertiary/aromatic N) is 2. The van der Waals surface area contributed by atoms with Crippen LogP contribution in [0, 0.1) is 0 Å². The summed E-state index contributed by atoms with van der Waals surface area (Å²) in [6.45, 7) is 1.80. The Kier molecular flexibility index (Phi) is 5.86. The Hall–Kier alpha value is -2.15. The van der Waals surface area contributed by atoms with Gasteiger partial charge in [-0.3, -0.25) is 9.69 Å². The van der Waals surface area contributed by atoms with E-state index >= 15 is 0 Å². The average Bonchev–Trinajstić information content (AvgIpc) is 3.22. The summed E-state index contributed by atoms with van der Waals surface area (Å²) in [4.78, 5) is 15.2. The van der Waals surface area contributed by atoms with Crippen LogP contribution < -0.4 is 5.32 Å². The van der Waals surface area contributed by atoms with Gasteiger partial charge in [0, 0.05) is 17.5 Å². The number of halogens is 1. The summed E-state index contributed by atoms with van der Waals surface area (Å²) in [7, 11) is 2.00. The van der Waals surface area contributed by atoms with Crippen LogP contribution in [0.5, 0.6) is 0 Å². The summed E-state index contributed by atoms with van der Waals surface area (Å²) in [5.41, 5.74) is 1.50. The SMILES string of the molecule is CN(Cc1ccccc1)Cc1cc(C(=O)NCc2ccc(Cl)s2)no1. The highest BCUT2D eigenvalue weighted by atomic mass is 35.5. The van der Waals surface area contributed by atoms with Gasteiger partial charge in [-0.2, -0.15) is 0 Å². The average molecular weight is 376 g/mol. The molecule has 0 saturated carbocycles. The van der Waals surface area contributed by atoms with Crippen LogP contribution in [0.2, 0.25) is 4.34 Å². The zero-order valence-corrected chi connectivity index (χ0v) is 15.3. The Bertz CT molecular complexity index is 832. The molecule has 2 aromatic heterocycles. The van der Waals surface area contributed by atoms with Crippen LogP contribution in [0.4, 0.5) is 0 Å². The van der Waals surface area contributed by atoms with E-state index in [4.69, 9.17) is 16.1 Å². The van der Waals surface area contributed by atoms with Gasteiger partial charge in [0.1, 0.15) is 0 Å². The van der Waals surface area contributed by atoms with E-state index < -0.39 is 0 Å². The van der Waals surface area contributed by atoms with Gasteiger partial charge < -0.3 is 9.84 Å². The molecule has 7 heteroatoms. The van der Waals surface area contributed by atoms with Gasteiger partial charge in [-0.15, -0.1) is 11.3 Å². The Morgan fingerprint density at radius 3 is 2.76 bits per heavy atom. The predicted octanol–water partition coefficient (Wildman–Crippen LogP) is 3.95. The Morgan fingerprint density at radius 1 is 1.24 bits per heavy atom. The van der Waals surface area contributed by atoms with E-state index in [0.717, 1.165) is 11.4 Å². The van der Waals surface area contributed by atoms with Crippen molar-refractivity contribution in [1.82, 2.24) is 15.4 Å². The van der Waals surface area contributed by atoms with Crippen molar-refractivity contribution < 1.29 is 9.32 Å². The third kappa shape index (κ3) is 5.16. The summed E-state index contributed by atoms with van der Waals surface area (Å²) in [5, 5.41) is 6.67. The first-order valence-corrected chi connectivity index (χ1v) is 9.00. The van der Waals surface area contributed by atoms with Crippen molar-refractivity contribution in [1.29, 1.82) is 0 Å². The molecule has 0 fully saturated rings. The third-order valence-corrected chi connectivity index (χ3v) is 4.80. The maximum absolute atomic E-state index is 12.1. The summed E-state index contributed by atoms with van der Waals surface area (Å²) < 4.78 is 5.98. The molecule has 0 unspecified atom stereocenters. The van der Waals surface area contributed by atoms with Gasteiger partial charge in [0.15, 0.2) is 11.5 Å². The molecule has 1 N–H and O–H groups in total. The van der Waals surface area contributed by atoms with E-state index in [2.05, 4.69) is 27.5 Å². The number of nitrogens with one attached hydrogen (secondary N) is 1. The molecule has 2 heterocycles. The van der Waals surface area contributed by atoms with Gasteiger partial charge in [0.05, 0.1) is 17.4 Å². The second-order valence-corrected chi connectivity index (χ2v) is 7.52. The minimum Gasteiger partial charge on any atom is -0.359 e. The molecular weight excluding hydrogens is 358 g/mol. The molecule has 0 aliphatic carbocycles. The first-order chi connectivity index (χ1) is 12.1. The van der Waals surface area contributed by atoms with E-state index in [1.54, 1.807) is 6.07 Å². The van der Waals surface area contributed by atoms with Crippen molar-refractivity contribution in [2.75, 3.05) is 7.05 Å². The highest BCUT2D eigenvalue weighted by Gasteiger charge is 2.14. The minimum absolute atomic E-state index is 0.259. The molecule has 130 valence electrons. The number of carbonyl (C=O) groups is 1. The molecular formula is C18H18ClN3O2S. The second-order valence-electron chi connectivity index (χ2n) is 5.72. The molecule has 3 aromatic rings. The summed E-state index contributed by atoms with van der Waals surface area (Å²) in [6, 6.07) is 15.6. The molecule has 0 aliphatic rings. The minimum atomic E-state index is -0.259. The van der Waals surface area contributed by atoms with E-state index in [9.17, 15) is 4.79 Å². The number of carbonyl (C=O) groups excluding carboxylic acids is 1. The lowest BCUT2D eigenvalue weighted by molar-refractivity contribution is 0.0942. The Balaban J connectivity index is 1.51. The van der Waals surface area contributed by atoms with E-state index in [1.807, 2.05) is 37.4 Å². The van der Waals surface area contributed by atoms with Crippen LogP contribution in [-0.4, -0.2) is 23.0 Å². The second kappa shape index (κ2) is 8.29. The topological polar surface area (TPSA) is 58.4 Å². The lowest BCUT2D eigenvalue weighted by Gasteiger charge is -2.14. The van der Waals surface area contributed by atoms with E-state index in [1.165, 1.54) is 16.9 Å². The first-order valence-electron chi connectivity index (χ1n) is 7.80. The number of benzene rings is 1. The quantitative estimate of drug-likeness (QED) is 0.679. The maximum Gasteiger partial charge on any atom is 0.273 e. The van der Waals surface area contributed by atoms with Crippen molar-refractivity contribution in [3.8, 4) is 0 Å². The third-order valence-electron chi connectivity index (χ3n) is 3.56. The van der Waals surface area contributed by atoms with Crippen molar-refractivity contribution >= 4 is 28.8 Å². The Labute approximate surface area is 155 Å². The number of aromatic nitrogens is 1. The monoisotopic (exact) mass is 375 g/mol. The van der Waals surface area contributed by atoms with Gasteiger partial charge >= 0.3 is 0 Å². The summed E-state index contributed by atoms with van der Waals surface area (Å²) >= 11 is 7.32. The largest absolute Gasteiger partial charge is 0.359 e. The van der Waals surface area contributed by atoms with E-state index in [0.29, 0.717) is 23.2 Å². The number of thiophene rings is 1. The van der Waals surface area contributed by atoms with Crippen molar-refractivity contribution in [2.45, 2.75) is 19.6 Å². The molecule has 1 amide bonds. The normalized spacial score (nSPS) is 11.0. The molecule has 25 heavy (non-hydrogen) atoms. The number of rotatable bonds is 7. The fraction of sp³-hybridized carbons (Fsp3) is 0.222. The maximum atomic E-state index is 12.1. The lowest BCUT2D eigenvalue weighted by atomic mass is 10.2. The van der Waals surface area contributed by atoms with Crippen LogP contribution in [0.25, 0.3) is 0 Å². The number of amides is 1. The van der Waals surface area contributed by atoms with Gasteiger partial charge in [0.2, 0.25) is 0 Å². The van der Waals surface area contributed by atoms with Crippen LogP contribution >= 0.6 is 22.9 Å². The fourth-order valence-electron chi connectivity index (χ4n) is 2.42. The van der Waals surface area contributed by atoms with Crippen LogP contribution in [0.3, 0.4) is 0 Å². The molecule has 0 spiro atoms. The molecule has 3 rings (SSSR count). The van der Waals surface area contributed by atoms with Crippen molar-refractivity contribution in [3.63, 3.8) is 0 Å². The first kappa shape index (κ1) is 17.7. The van der Waals surface area contributed by atoms with Crippen molar-refractivity contribution in [2.24, 2.45) is 0 Å². The highest BCUT2D eigenvalue weighted by molar-refractivity contribution is 7.16. The van der Waals surface area contributed by atoms with Gasteiger partial charge in [-0.05, 0) is 24.7 Å². The molecule has 0 aliphatic heterocycles. The van der Waals surface area contributed by atoms with Crippen LogP contribution in [-0.2, 0) is 19.6 Å². The number of hydrogen-bond acceptors (Lipinski definition) is 5. The standard InChI is InChI=1S/C18H18ClN3O2S/c1-22(11-13-5-3-2-4-6-13)12-14-9-16(21-24-14)18(23)20-10-15-7-8-17(19)25-15/h2-9H,10-12H2,1H3,(H,20,23). The van der Waals surface area contributed by atoms with Crippen LogP contribution in [0.1, 0.15) is 26.7 Å². The predicted molar refractivity (Wildman–Crippen MR) is 98.6 cm³/mol. The Morgan fingerprint density at radius 2 is 2.04 bits per heavy atom. The molecule has 0 atom stereocenters. The lowest BCUT2D eigenvalue weighted by Crippen LogP contribution is -2.22. The molecule has 1 aromatic carbocycles. The molecule has 0 bridgehead atoms. The van der Waals surface area contributed by atoms with Crippen molar-refractivity contribution in [3.05, 3.63) is 74.8 Å². The fourth-order valence-corrected chi connectivity index (χ4v) is 3.44. The van der Waals surface area contributed by atoms with Crippen LogP contribution in [0.15, 0.2) is 53.1 Å². The molecule has 0 radical (unpaired) electrons. The smallest absolute Gasteiger partial charge is 0.273 e. The summed E-state index contributed by atoms with van der Waals surface area (Å²) in [5.74, 6) is 0.396. The van der Waals surface area contributed by atoms with Gasteiger partial charge in [0.25, 0.3) is 5.91 Å². The number of hydrogen-bond donors (Lipinski definition) is 1. The van der Waals surface area contributed by atoms with Gasteiger partial charge in [-0.1, -0.05) is 47.1 Å². The molecule has 0 saturated heterocycles. The summed E-state index contributed by atoms with van der Waals surface area (Å²) in [6.07, 6.45) is 0. The zero-order valence-electron chi connectivity index (χ0n) is 13.7. The van der Waals surface area contributed by atoms with Gasteiger partial charge in [-0.25, -0.2) is 0 Å². The van der Waals surface area contributed by atoms with E-state index in [-0.39, 0.29) is 11.6 Å².